The quantitative estimate of drug-likeness (QED) is 0.909. The van der Waals surface area contributed by atoms with Crippen LogP contribution < -0.4 is 9.47 Å². The molecule has 0 radical (unpaired) electrons. The molecule has 0 aliphatic carbocycles. The van der Waals surface area contributed by atoms with Crippen molar-refractivity contribution in [1.82, 2.24) is 0 Å². The number of rotatable bonds is 4. The van der Waals surface area contributed by atoms with Crippen LogP contribution in [0, 0.1) is 0 Å². The molecule has 0 amide bonds. The van der Waals surface area contributed by atoms with Crippen molar-refractivity contribution in [1.29, 1.82) is 0 Å². The van der Waals surface area contributed by atoms with Gasteiger partial charge < -0.3 is 14.6 Å². The van der Waals surface area contributed by atoms with E-state index in [0.29, 0.717) is 17.1 Å². The molecular formula is C15H22O4. The molecule has 19 heavy (non-hydrogen) atoms. The molecule has 1 aromatic carbocycles. The third-order valence-electron chi connectivity index (χ3n) is 3.21. The van der Waals surface area contributed by atoms with E-state index in [1.807, 2.05) is 12.1 Å². The Balaban J connectivity index is 3.53. The van der Waals surface area contributed by atoms with Crippen molar-refractivity contribution in [3.05, 3.63) is 23.3 Å². The summed E-state index contributed by atoms with van der Waals surface area (Å²) >= 11 is 0. The second-order valence-electron chi connectivity index (χ2n) is 5.61. The first-order chi connectivity index (χ1) is 8.72. The summed E-state index contributed by atoms with van der Waals surface area (Å²) in [5, 5.41) is 9.22. The van der Waals surface area contributed by atoms with Crippen molar-refractivity contribution in [3.63, 3.8) is 0 Å². The van der Waals surface area contributed by atoms with E-state index < -0.39 is 11.9 Å². The van der Waals surface area contributed by atoms with Crippen molar-refractivity contribution in [3.8, 4) is 11.5 Å². The summed E-state index contributed by atoms with van der Waals surface area (Å²) in [6.45, 7) is 7.86. The Morgan fingerprint density at radius 3 is 2.16 bits per heavy atom. The zero-order valence-electron chi connectivity index (χ0n) is 12.4. The lowest BCUT2D eigenvalue weighted by molar-refractivity contribution is -0.138. The minimum Gasteiger partial charge on any atom is -0.493 e. The average Bonchev–Trinajstić information content (AvgIpc) is 2.34. The van der Waals surface area contributed by atoms with Crippen molar-refractivity contribution < 1.29 is 19.4 Å². The van der Waals surface area contributed by atoms with Gasteiger partial charge in [-0.25, -0.2) is 0 Å². The average molecular weight is 266 g/mol. The molecule has 1 unspecified atom stereocenters. The van der Waals surface area contributed by atoms with Gasteiger partial charge in [0.2, 0.25) is 0 Å². The number of hydrogen-bond donors (Lipinski definition) is 1. The van der Waals surface area contributed by atoms with Crippen LogP contribution in [-0.2, 0) is 10.2 Å². The molecule has 1 aromatic rings. The monoisotopic (exact) mass is 266 g/mol. The molecule has 1 N–H and O–H groups in total. The highest BCUT2D eigenvalue weighted by Crippen LogP contribution is 2.40. The Kier molecular flexibility index (Phi) is 4.45. The minimum atomic E-state index is -0.883. The molecule has 0 saturated carbocycles. The molecule has 1 rings (SSSR count). The Labute approximate surface area is 114 Å². The van der Waals surface area contributed by atoms with E-state index >= 15 is 0 Å². The summed E-state index contributed by atoms with van der Waals surface area (Å²) in [5.41, 5.74) is 1.57. The highest BCUT2D eigenvalue weighted by molar-refractivity contribution is 5.77. The van der Waals surface area contributed by atoms with Gasteiger partial charge in [-0.3, -0.25) is 4.79 Å². The molecular weight excluding hydrogens is 244 g/mol. The minimum absolute atomic E-state index is 0.0907. The van der Waals surface area contributed by atoms with Crippen LogP contribution >= 0.6 is 0 Å². The van der Waals surface area contributed by atoms with Crippen LogP contribution in [0.3, 0.4) is 0 Å². The second-order valence-corrected chi connectivity index (χ2v) is 5.61. The van der Waals surface area contributed by atoms with Crippen LogP contribution in [0.25, 0.3) is 0 Å². The van der Waals surface area contributed by atoms with Crippen molar-refractivity contribution in [2.45, 2.75) is 39.0 Å². The highest BCUT2D eigenvalue weighted by atomic mass is 16.5. The van der Waals surface area contributed by atoms with E-state index in [4.69, 9.17) is 9.47 Å². The number of hydrogen-bond acceptors (Lipinski definition) is 3. The summed E-state index contributed by atoms with van der Waals surface area (Å²) in [7, 11) is 3.08. The van der Waals surface area contributed by atoms with Crippen molar-refractivity contribution in [2.24, 2.45) is 0 Å². The zero-order chi connectivity index (χ0) is 14.8. The summed E-state index contributed by atoms with van der Waals surface area (Å²) in [6, 6.07) is 3.79. The van der Waals surface area contributed by atoms with Crippen molar-refractivity contribution in [2.75, 3.05) is 14.2 Å². The van der Waals surface area contributed by atoms with Gasteiger partial charge in [0.1, 0.15) is 0 Å². The Morgan fingerprint density at radius 2 is 1.79 bits per heavy atom. The van der Waals surface area contributed by atoms with Gasteiger partial charge in [0.05, 0.1) is 20.1 Å². The van der Waals surface area contributed by atoms with Crippen LogP contribution in [0.15, 0.2) is 12.1 Å². The number of methoxy groups -OCH3 is 2. The maximum absolute atomic E-state index is 11.2. The van der Waals surface area contributed by atoms with Crippen LogP contribution in [0.4, 0.5) is 0 Å². The molecule has 0 aliphatic rings. The fraction of sp³-hybridized carbons (Fsp3) is 0.533. The number of carbonyl (C=O) groups is 1. The predicted molar refractivity (Wildman–Crippen MR) is 74.3 cm³/mol. The molecule has 0 heterocycles. The molecule has 0 spiro atoms. The number of ether oxygens (including phenoxy) is 2. The van der Waals surface area contributed by atoms with Gasteiger partial charge in [0.15, 0.2) is 11.5 Å². The topological polar surface area (TPSA) is 55.8 Å². The molecule has 106 valence electrons. The normalized spacial score (nSPS) is 12.9. The van der Waals surface area contributed by atoms with Gasteiger partial charge in [-0.1, -0.05) is 26.8 Å². The maximum Gasteiger partial charge on any atom is 0.310 e. The number of aliphatic carboxylic acids is 1. The van der Waals surface area contributed by atoms with Gasteiger partial charge >= 0.3 is 5.97 Å². The molecule has 1 atom stereocenters. The molecule has 4 nitrogen and oxygen atoms in total. The predicted octanol–water partition coefficient (Wildman–Crippen LogP) is 3.19. The van der Waals surface area contributed by atoms with Gasteiger partial charge in [-0.05, 0) is 24.0 Å². The first-order valence-corrected chi connectivity index (χ1v) is 6.21. The SMILES string of the molecule is COc1cc(C(C)(C)C)cc(C(C)C(=O)O)c1OC. The Hall–Kier alpha value is -1.71. The largest absolute Gasteiger partial charge is 0.493 e. The summed E-state index contributed by atoms with van der Waals surface area (Å²) in [6.07, 6.45) is 0. The van der Waals surface area contributed by atoms with Crippen LogP contribution in [0.5, 0.6) is 11.5 Å². The standard InChI is InChI=1S/C15H22O4/c1-9(14(16)17)11-7-10(15(2,3)4)8-12(18-5)13(11)19-6/h7-9H,1-6H3,(H,16,17). The molecule has 0 fully saturated rings. The van der Waals surface area contributed by atoms with Crippen LogP contribution in [0.2, 0.25) is 0 Å². The lowest BCUT2D eigenvalue weighted by Gasteiger charge is -2.24. The van der Waals surface area contributed by atoms with E-state index in [1.165, 1.54) is 7.11 Å². The van der Waals surface area contributed by atoms with Crippen LogP contribution in [0.1, 0.15) is 44.7 Å². The second kappa shape index (κ2) is 5.51. The van der Waals surface area contributed by atoms with Gasteiger partial charge in [-0.2, -0.15) is 0 Å². The van der Waals surface area contributed by atoms with Crippen LogP contribution in [-0.4, -0.2) is 25.3 Å². The molecule has 0 aliphatic heterocycles. The lowest BCUT2D eigenvalue weighted by Crippen LogP contribution is -2.15. The third kappa shape index (κ3) is 3.19. The van der Waals surface area contributed by atoms with E-state index in [0.717, 1.165) is 5.56 Å². The summed E-state index contributed by atoms with van der Waals surface area (Å²) < 4.78 is 10.6. The van der Waals surface area contributed by atoms with E-state index in [-0.39, 0.29) is 5.41 Å². The van der Waals surface area contributed by atoms with E-state index in [2.05, 4.69) is 20.8 Å². The lowest BCUT2D eigenvalue weighted by atomic mass is 9.84. The molecule has 0 saturated heterocycles. The first-order valence-electron chi connectivity index (χ1n) is 6.21. The van der Waals surface area contributed by atoms with E-state index in [1.54, 1.807) is 14.0 Å². The first kappa shape index (κ1) is 15.3. The van der Waals surface area contributed by atoms with Gasteiger partial charge in [0, 0.05) is 5.56 Å². The van der Waals surface area contributed by atoms with E-state index in [9.17, 15) is 9.90 Å². The zero-order valence-corrected chi connectivity index (χ0v) is 12.4. The molecule has 4 heteroatoms. The number of carboxylic acid groups (broad SMARTS) is 1. The third-order valence-corrected chi connectivity index (χ3v) is 3.21. The maximum atomic E-state index is 11.2. The fourth-order valence-corrected chi connectivity index (χ4v) is 1.88. The summed E-state index contributed by atoms with van der Waals surface area (Å²) in [5.74, 6) is -0.471. The van der Waals surface area contributed by atoms with Gasteiger partial charge in [-0.15, -0.1) is 0 Å². The highest BCUT2D eigenvalue weighted by Gasteiger charge is 2.25. The smallest absolute Gasteiger partial charge is 0.310 e. The van der Waals surface area contributed by atoms with Crippen molar-refractivity contribution >= 4 is 5.97 Å². The fourth-order valence-electron chi connectivity index (χ4n) is 1.88. The molecule has 0 aromatic heterocycles. The van der Waals surface area contributed by atoms with Gasteiger partial charge in [0.25, 0.3) is 0 Å². The number of carboxylic acids is 1. The summed E-state index contributed by atoms with van der Waals surface area (Å²) in [4.78, 5) is 11.2. The Morgan fingerprint density at radius 1 is 1.21 bits per heavy atom. The molecule has 0 bridgehead atoms. The Bertz CT molecular complexity index is 472. The number of benzene rings is 1.